The van der Waals surface area contributed by atoms with Gasteiger partial charge in [0.2, 0.25) is 11.9 Å². The Morgan fingerprint density at radius 1 is 1.21 bits per heavy atom. The Hall–Kier alpha value is -1.30. The predicted octanol–water partition coefficient (Wildman–Crippen LogP) is 4.74. The molecule has 4 nitrogen and oxygen atoms in total. The monoisotopic (exact) mass is 381 g/mol. The Balaban J connectivity index is 2.10. The molecular weight excluding hydrogens is 365 g/mol. The number of aryl methyl sites for hydroxylation is 2. The highest BCUT2D eigenvalue weighted by atomic mass is 35.5. The molecule has 2 aromatic rings. The van der Waals surface area contributed by atoms with Crippen molar-refractivity contribution in [3.8, 4) is 0 Å². The van der Waals surface area contributed by atoms with E-state index < -0.39 is 0 Å². The van der Waals surface area contributed by atoms with Crippen LogP contribution in [0.5, 0.6) is 0 Å². The summed E-state index contributed by atoms with van der Waals surface area (Å²) in [4.78, 5) is 23.2. The fraction of sp³-hybridized carbons (Fsp3) is 0.353. The molecule has 1 aliphatic rings. The van der Waals surface area contributed by atoms with Crippen molar-refractivity contribution in [2.75, 3.05) is 10.7 Å². The predicted molar refractivity (Wildman–Crippen MR) is 100 cm³/mol. The van der Waals surface area contributed by atoms with E-state index in [9.17, 15) is 4.79 Å². The molecule has 3 rings (SSSR count). The lowest BCUT2D eigenvalue weighted by atomic mass is 10.1. The van der Waals surface area contributed by atoms with Gasteiger partial charge in [-0.1, -0.05) is 36.2 Å². The average molecular weight is 382 g/mol. The molecule has 126 valence electrons. The van der Waals surface area contributed by atoms with Crippen molar-refractivity contribution >= 4 is 46.8 Å². The maximum atomic E-state index is 12.5. The second kappa shape index (κ2) is 6.90. The molecule has 0 spiro atoms. The Morgan fingerprint density at radius 3 is 2.33 bits per heavy atom. The fourth-order valence-electron chi connectivity index (χ4n) is 2.94. The van der Waals surface area contributed by atoms with Crippen LogP contribution in [0.15, 0.2) is 18.2 Å². The minimum Gasteiger partial charge on any atom is -0.273 e. The van der Waals surface area contributed by atoms with Gasteiger partial charge in [-0.25, -0.2) is 9.97 Å². The minimum atomic E-state index is -0.315. The van der Waals surface area contributed by atoms with E-state index in [0.717, 1.165) is 28.9 Å². The summed E-state index contributed by atoms with van der Waals surface area (Å²) in [6, 6.07) is 5.35. The number of amides is 1. The van der Waals surface area contributed by atoms with Gasteiger partial charge in [0.05, 0.1) is 5.75 Å². The second-order valence-electron chi connectivity index (χ2n) is 5.59. The summed E-state index contributed by atoms with van der Waals surface area (Å²) in [5, 5.41) is 0.765. The van der Waals surface area contributed by atoms with Crippen LogP contribution in [-0.2, 0) is 11.2 Å². The number of rotatable bonds is 3. The third-order valence-corrected chi connectivity index (χ3v) is 5.93. The summed E-state index contributed by atoms with van der Waals surface area (Å²) in [7, 11) is 0. The number of aromatic nitrogens is 2. The summed E-state index contributed by atoms with van der Waals surface area (Å²) in [6.45, 7) is 5.96. The molecule has 2 heterocycles. The van der Waals surface area contributed by atoms with Crippen LogP contribution in [0.2, 0.25) is 10.0 Å². The average Bonchev–Trinajstić information content (AvgIpc) is 2.88. The van der Waals surface area contributed by atoms with E-state index in [0.29, 0.717) is 21.7 Å². The largest absolute Gasteiger partial charge is 0.273 e. The third kappa shape index (κ3) is 3.01. The van der Waals surface area contributed by atoms with E-state index in [1.807, 2.05) is 13.8 Å². The Labute approximate surface area is 155 Å². The molecule has 1 unspecified atom stereocenters. The molecule has 0 radical (unpaired) electrons. The highest BCUT2D eigenvalue weighted by Gasteiger charge is 2.38. The first-order valence-corrected chi connectivity index (χ1v) is 9.46. The standard InChI is InChI=1S/C17H17Cl2N3OS/c1-4-11-9(2)20-17(21-10(11)3)22-14(23)8-24-16(22)15-12(18)6-5-7-13(15)19/h5-7,16H,4,8H2,1-3H3. The van der Waals surface area contributed by atoms with Crippen molar-refractivity contribution in [2.24, 2.45) is 0 Å². The van der Waals surface area contributed by atoms with Crippen LogP contribution in [0.3, 0.4) is 0 Å². The maximum absolute atomic E-state index is 12.5. The molecule has 0 saturated carbocycles. The van der Waals surface area contributed by atoms with E-state index in [1.165, 1.54) is 11.8 Å². The first-order valence-electron chi connectivity index (χ1n) is 7.65. The van der Waals surface area contributed by atoms with Crippen molar-refractivity contribution in [1.29, 1.82) is 0 Å². The van der Waals surface area contributed by atoms with Crippen molar-refractivity contribution < 1.29 is 4.79 Å². The maximum Gasteiger partial charge on any atom is 0.240 e. The van der Waals surface area contributed by atoms with Crippen LogP contribution in [0.25, 0.3) is 0 Å². The number of halogens is 2. The lowest BCUT2D eigenvalue weighted by Crippen LogP contribution is -2.30. The number of benzene rings is 1. The fourth-order valence-corrected chi connectivity index (χ4v) is 4.90. The zero-order valence-corrected chi connectivity index (χ0v) is 16.0. The molecule has 24 heavy (non-hydrogen) atoms. The highest BCUT2D eigenvalue weighted by molar-refractivity contribution is 8.00. The van der Waals surface area contributed by atoms with Crippen molar-refractivity contribution in [3.63, 3.8) is 0 Å². The molecule has 1 amide bonds. The SMILES string of the molecule is CCc1c(C)nc(N2C(=O)CSC2c2c(Cl)cccc2Cl)nc1C. The third-order valence-electron chi connectivity index (χ3n) is 4.09. The van der Waals surface area contributed by atoms with Gasteiger partial charge in [-0.2, -0.15) is 0 Å². The number of hydrogen-bond acceptors (Lipinski definition) is 4. The summed E-state index contributed by atoms with van der Waals surface area (Å²) in [6.07, 6.45) is 0.862. The van der Waals surface area contributed by atoms with Gasteiger partial charge in [-0.3, -0.25) is 9.69 Å². The Kier molecular flexibility index (Phi) is 5.04. The molecule has 1 saturated heterocycles. The van der Waals surface area contributed by atoms with Gasteiger partial charge in [-0.15, -0.1) is 11.8 Å². The Bertz CT molecular complexity index is 769. The number of thioether (sulfide) groups is 1. The van der Waals surface area contributed by atoms with Crippen molar-refractivity contribution in [2.45, 2.75) is 32.6 Å². The van der Waals surface area contributed by atoms with E-state index in [2.05, 4.69) is 16.9 Å². The van der Waals surface area contributed by atoms with Crippen molar-refractivity contribution in [3.05, 3.63) is 50.8 Å². The van der Waals surface area contributed by atoms with Gasteiger partial charge in [0, 0.05) is 27.0 Å². The quantitative estimate of drug-likeness (QED) is 0.769. The summed E-state index contributed by atoms with van der Waals surface area (Å²) >= 11 is 14.2. The molecule has 0 N–H and O–H groups in total. The van der Waals surface area contributed by atoms with Crippen LogP contribution in [0.4, 0.5) is 5.95 Å². The van der Waals surface area contributed by atoms with Crippen LogP contribution in [0, 0.1) is 13.8 Å². The molecule has 1 aliphatic heterocycles. The molecule has 1 aromatic carbocycles. The van der Waals surface area contributed by atoms with Crippen LogP contribution < -0.4 is 4.90 Å². The van der Waals surface area contributed by atoms with Gasteiger partial charge in [0.15, 0.2) is 0 Å². The molecular formula is C17H17Cl2N3OS. The normalized spacial score (nSPS) is 17.6. The topological polar surface area (TPSA) is 46.1 Å². The molecule has 1 aromatic heterocycles. The summed E-state index contributed by atoms with van der Waals surface area (Å²) in [5.41, 5.74) is 3.64. The van der Waals surface area contributed by atoms with E-state index in [1.54, 1.807) is 23.1 Å². The number of hydrogen-bond donors (Lipinski definition) is 0. The van der Waals surface area contributed by atoms with E-state index >= 15 is 0 Å². The van der Waals surface area contributed by atoms with Gasteiger partial charge in [-0.05, 0) is 38.0 Å². The molecule has 1 fully saturated rings. The van der Waals surface area contributed by atoms with Crippen LogP contribution >= 0.6 is 35.0 Å². The van der Waals surface area contributed by atoms with Crippen LogP contribution in [-0.4, -0.2) is 21.6 Å². The molecule has 0 aliphatic carbocycles. The highest BCUT2D eigenvalue weighted by Crippen LogP contribution is 2.45. The van der Waals surface area contributed by atoms with Gasteiger partial charge in [0.1, 0.15) is 5.37 Å². The lowest BCUT2D eigenvalue weighted by Gasteiger charge is -2.25. The first kappa shape index (κ1) is 17.5. The minimum absolute atomic E-state index is 0.0379. The molecule has 0 bridgehead atoms. The van der Waals surface area contributed by atoms with Gasteiger partial charge < -0.3 is 0 Å². The second-order valence-corrected chi connectivity index (χ2v) is 7.47. The van der Waals surface area contributed by atoms with Crippen molar-refractivity contribution in [1.82, 2.24) is 9.97 Å². The zero-order chi connectivity index (χ0) is 17.4. The molecule has 1 atom stereocenters. The van der Waals surface area contributed by atoms with Crippen LogP contribution in [0.1, 0.15) is 34.8 Å². The first-order chi connectivity index (χ1) is 11.4. The number of carbonyl (C=O) groups excluding carboxylic acids is 1. The zero-order valence-electron chi connectivity index (χ0n) is 13.6. The number of nitrogens with zero attached hydrogens (tertiary/aromatic N) is 3. The lowest BCUT2D eigenvalue weighted by molar-refractivity contribution is -0.115. The summed E-state index contributed by atoms with van der Waals surface area (Å²) in [5.74, 6) is 0.727. The van der Waals surface area contributed by atoms with Gasteiger partial charge >= 0.3 is 0 Å². The summed E-state index contributed by atoms with van der Waals surface area (Å²) < 4.78 is 0. The van der Waals surface area contributed by atoms with Gasteiger partial charge in [0.25, 0.3) is 0 Å². The van der Waals surface area contributed by atoms with E-state index in [4.69, 9.17) is 23.2 Å². The number of carbonyl (C=O) groups is 1. The Morgan fingerprint density at radius 2 is 1.79 bits per heavy atom. The smallest absolute Gasteiger partial charge is 0.240 e. The van der Waals surface area contributed by atoms with E-state index in [-0.39, 0.29) is 11.3 Å². The molecule has 7 heteroatoms. The number of anilines is 1.